The highest BCUT2D eigenvalue weighted by molar-refractivity contribution is 5.76. The highest BCUT2D eigenvalue weighted by Gasteiger charge is 2.21. The van der Waals surface area contributed by atoms with Crippen molar-refractivity contribution in [3.63, 3.8) is 0 Å². The molecule has 0 spiro atoms. The van der Waals surface area contributed by atoms with Crippen molar-refractivity contribution in [2.75, 3.05) is 40.3 Å². The standard InChI is InChI=1S/C14H29N3O/c1-5-17(12(2)11-16(3)4)14(18)7-6-13-8-9-15-10-13/h12-13,15H,5-11H2,1-4H3. The van der Waals surface area contributed by atoms with Gasteiger partial charge in [-0.3, -0.25) is 4.79 Å². The van der Waals surface area contributed by atoms with Crippen LogP contribution in [0.2, 0.25) is 0 Å². The Hall–Kier alpha value is -0.610. The van der Waals surface area contributed by atoms with Crippen molar-refractivity contribution in [2.24, 2.45) is 5.92 Å². The monoisotopic (exact) mass is 255 g/mol. The summed E-state index contributed by atoms with van der Waals surface area (Å²) in [6.45, 7) is 8.17. The Bertz CT molecular complexity index is 249. The van der Waals surface area contributed by atoms with Gasteiger partial charge in [-0.15, -0.1) is 0 Å². The molecule has 18 heavy (non-hydrogen) atoms. The smallest absolute Gasteiger partial charge is 0.222 e. The van der Waals surface area contributed by atoms with Gasteiger partial charge in [0.05, 0.1) is 0 Å². The molecule has 106 valence electrons. The van der Waals surface area contributed by atoms with Crippen molar-refractivity contribution in [3.8, 4) is 0 Å². The Kier molecular flexibility index (Phi) is 6.65. The molecule has 1 fully saturated rings. The minimum absolute atomic E-state index is 0.305. The van der Waals surface area contributed by atoms with Gasteiger partial charge in [0.15, 0.2) is 0 Å². The molecule has 0 radical (unpaired) electrons. The van der Waals surface area contributed by atoms with Crippen molar-refractivity contribution in [1.82, 2.24) is 15.1 Å². The zero-order valence-electron chi connectivity index (χ0n) is 12.4. The Balaban J connectivity index is 2.35. The van der Waals surface area contributed by atoms with Gasteiger partial charge < -0.3 is 15.1 Å². The molecule has 4 nitrogen and oxygen atoms in total. The first-order chi connectivity index (χ1) is 8.54. The van der Waals surface area contributed by atoms with E-state index in [1.165, 1.54) is 6.42 Å². The second-order valence-corrected chi connectivity index (χ2v) is 5.69. The fourth-order valence-electron chi connectivity index (χ4n) is 2.79. The van der Waals surface area contributed by atoms with Gasteiger partial charge in [-0.2, -0.15) is 0 Å². The van der Waals surface area contributed by atoms with E-state index in [2.05, 4.69) is 38.2 Å². The number of likely N-dealkylation sites (N-methyl/N-ethyl adjacent to an activating group) is 2. The third-order valence-electron chi connectivity index (χ3n) is 3.75. The van der Waals surface area contributed by atoms with Crippen LogP contribution in [-0.4, -0.2) is 62.0 Å². The van der Waals surface area contributed by atoms with E-state index in [9.17, 15) is 4.79 Å². The van der Waals surface area contributed by atoms with Crippen LogP contribution in [0, 0.1) is 5.92 Å². The number of carbonyl (C=O) groups excluding carboxylic acids is 1. The summed E-state index contributed by atoms with van der Waals surface area (Å²) in [5.74, 6) is 1.02. The summed E-state index contributed by atoms with van der Waals surface area (Å²) < 4.78 is 0. The van der Waals surface area contributed by atoms with Crippen LogP contribution in [0.15, 0.2) is 0 Å². The molecule has 1 N–H and O–H groups in total. The first-order valence-corrected chi connectivity index (χ1v) is 7.19. The van der Waals surface area contributed by atoms with Gasteiger partial charge in [0, 0.05) is 25.6 Å². The van der Waals surface area contributed by atoms with Crippen LogP contribution in [-0.2, 0) is 4.79 Å². The molecular weight excluding hydrogens is 226 g/mol. The van der Waals surface area contributed by atoms with E-state index in [4.69, 9.17) is 0 Å². The second-order valence-electron chi connectivity index (χ2n) is 5.69. The molecule has 0 aromatic rings. The van der Waals surface area contributed by atoms with Crippen molar-refractivity contribution in [3.05, 3.63) is 0 Å². The lowest BCUT2D eigenvalue weighted by Crippen LogP contribution is -2.43. The zero-order valence-corrected chi connectivity index (χ0v) is 12.4. The molecule has 1 amide bonds. The van der Waals surface area contributed by atoms with E-state index in [-0.39, 0.29) is 0 Å². The molecule has 2 atom stereocenters. The van der Waals surface area contributed by atoms with Crippen LogP contribution in [0.4, 0.5) is 0 Å². The van der Waals surface area contributed by atoms with Gasteiger partial charge in [-0.25, -0.2) is 0 Å². The summed E-state index contributed by atoms with van der Waals surface area (Å²) in [6.07, 6.45) is 2.97. The van der Waals surface area contributed by atoms with Crippen molar-refractivity contribution >= 4 is 5.91 Å². The van der Waals surface area contributed by atoms with Crippen LogP contribution >= 0.6 is 0 Å². The van der Waals surface area contributed by atoms with E-state index in [1.807, 2.05) is 4.90 Å². The van der Waals surface area contributed by atoms with Crippen molar-refractivity contribution < 1.29 is 4.79 Å². The average molecular weight is 255 g/mol. The molecule has 1 aliphatic heterocycles. The molecular formula is C14H29N3O. The highest BCUT2D eigenvalue weighted by atomic mass is 16.2. The predicted molar refractivity (Wildman–Crippen MR) is 75.6 cm³/mol. The summed E-state index contributed by atoms with van der Waals surface area (Å²) in [5, 5.41) is 3.36. The number of nitrogens with one attached hydrogen (secondary N) is 1. The molecule has 2 unspecified atom stereocenters. The van der Waals surface area contributed by atoms with E-state index in [0.29, 0.717) is 24.3 Å². The summed E-state index contributed by atoms with van der Waals surface area (Å²) >= 11 is 0. The van der Waals surface area contributed by atoms with E-state index >= 15 is 0 Å². The van der Waals surface area contributed by atoms with Crippen LogP contribution < -0.4 is 5.32 Å². The normalized spacial score (nSPS) is 21.3. The molecule has 0 aliphatic carbocycles. The Morgan fingerprint density at radius 3 is 2.67 bits per heavy atom. The molecule has 1 saturated heterocycles. The second kappa shape index (κ2) is 7.74. The van der Waals surface area contributed by atoms with Crippen molar-refractivity contribution in [2.45, 2.75) is 39.2 Å². The molecule has 1 aliphatic rings. The van der Waals surface area contributed by atoms with Gasteiger partial charge >= 0.3 is 0 Å². The molecule has 4 heteroatoms. The Morgan fingerprint density at radius 1 is 1.44 bits per heavy atom. The number of nitrogens with zero attached hydrogens (tertiary/aromatic N) is 2. The molecule has 0 aromatic heterocycles. The van der Waals surface area contributed by atoms with Gasteiger partial charge in [0.2, 0.25) is 5.91 Å². The van der Waals surface area contributed by atoms with Crippen LogP contribution in [0.1, 0.15) is 33.1 Å². The molecule has 1 heterocycles. The minimum Gasteiger partial charge on any atom is -0.339 e. The highest BCUT2D eigenvalue weighted by Crippen LogP contribution is 2.16. The quantitative estimate of drug-likeness (QED) is 0.742. The maximum Gasteiger partial charge on any atom is 0.222 e. The summed E-state index contributed by atoms with van der Waals surface area (Å²) in [6, 6.07) is 0.305. The SMILES string of the molecule is CCN(C(=O)CCC1CCNC1)C(C)CN(C)C. The van der Waals surface area contributed by atoms with E-state index in [1.54, 1.807) is 0 Å². The van der Waals surface area contributed by atoms with Crippen LogP contribution in [0.25, 0.3) is 0 Å². The van der Waals surface area contributed by atoms with Crippen molar-refractivity contribution in [1.29, 1.82) is 0 Å². The van der Waals surface area contributed by atoms with Gasteiger partial charge in [-0.1, -0.05) is 0 Å². The summed E-state index contributed by atoms with van der Waals surface area (Å²) in [4.78, 5) is 16.4. The van der Waals surface area contributed by atoms with E-state index < -0.39 is 0 Å². The average Bonchev–Trinajstić information content (AvgIpc) is 2.79. The van der Waals surface area contributed by atoms with E-state index in [0.717, 1.165) is 32.6 Å². The molecule has 0 saturated carbocycles. The lowest BCUT2D eigenvalue weighted by atomic mass is 10.0. The fraction of sp³-hybridized carbons (Fsp3) is 0.929. The molecule has 0 aromatic carbocycles. The topological polar surface area (TPSA) is 35.6 Å². The number of hydrogen-bond acceptors (Lipinski definition) is 3. The number of amides is 1. The third-order valence-corrected chi connectivity index (χ3v) is 3.75. The number of rotatable bonds is 7. The summed E-state index contributed by atoms with van der Waals surface area (Å²) in [7, 11) is 4.11. The molecule has 1 rings (SSSR count). The van der Waals surface area contributed by atoms with Gasteiger partial charge in [-0.05, 0) is 59.8 Å². The predicted octanol–water partition coefficient (Wildman–Crippen LogP) is 1.17. The minimum atomic E-state index is 0.305. The molecule has 0 bridgehead atoms. The number of carbonyl (C=O) groups is 1. The zero-order chi connectivity index (χ0) is 13.5. The van der Waals surface area contributed by atoms with Gasteiger partial charge in [0.25, 0.3) is 0 Å². The number of hydrogen-bond donors (Lipinski definition) is 1. The van der Waals surface area contributed by atoms with Gasteiger partial charge in [0.1, 0.15) is 0 Å². The van der Waals surface area contributed by atoms with Crippen LogP contribution in [0.5, 0.6) is 0 Å². The third kappa shape index (κ3) is 4.94. The van der Waals surface area contributed by atoms with Crippen LogP contribution in [0.3, 0.4) is 0 Å². The Labute approximate surface area is 112 Å². The Morgan fingerprint density at radius 2 is 2.17 bits per heavy atom. The summed E-state index contributed by atoms with van der Waals surface area (Å²) in [5.41, 5.74) is 0. The largest absolute Gasteiger partial charge is 0.339 e. The first kappa shape index (κ1) is 15.4. The maximum atomic E-state index is 12.2. The lowest BCUT2D eigenvalue weighted by molar-refractivity contribution is -0.133. The first-order valence-electron chi connectivity index (χ1n) is 7.19. The maximum absolute atomic E-state index is 12.2. The lowest BCUT2D eigenvalue weighted by Gasteiger charge is -2.30. The fourth-order valence-corrected chi connectivity index (χ4v) is 2.79.